The van der Waals surface area contributed by atoms with Crippen molar-refractivity contribution in [3.8, 4) is 0 Å². The van der Waals surface area contributed by atoms with Gasteiger partial charge in [0.1, 0.15) is 29.2 Å². The van der Waals surface area contributed by atoms with Crippen molar-refractivity contribution >= 4 is 29.1 Å². The number of carbonyl (C=O) groups is 2. The van der Waals surface area contributed by atoms with Crippen molar-refractivity contribution in [1.29, 1.82) is 0 Å². The predicted molar refractivity (Wildman–Crippen MR) is 124 cm³/mol. The third-order valence-corrected chi connectivity index (χ3v) is 5.77. The minimum Gasteiger partial charge on any atom is -0.389 e. The first-order valence-electron chi connectivity index (χ1n) is 11.1. The first-order valence-corrected chi connectivity index (χ1v) is 11.4. The minimum atomic E-state index is -0.523. The van der Waals surface area contributed by atoms with Gasteiger partial charge in [-0.05, 0) is 30.7 Å². The van der Waals surface area contributed by atoms with Crippen molar-refractivity contribution in [2.24, 2.45) is 5.16 Å². The molecule has 0 bridgehead atoms. The maximum Gasteiger partial charge on any atom is 0.270 e. The van der Waals surface area contributed by atoms with Crippen LogP contribution in [0, 0.1) is 12.7 Å². The third kappa shape index (κ3) is 6.50. The fraction of sp³-hybridized carbons (Fsp3) is 0.435. The first-order chi connectivity index (χ1) is 16.8. The molecule has 2 aromatic rings. The van der Waals surface area contributed by atoms with Crippen LogP contribution in [0.1, 0.15) is 40.9 Å². The van der Waals surface area contributed by atoms with Gasteiger partial charge < -0.3 is 24.9 Å². The maximum atomic E-state index is 13.3. The molecule has 2 aliphatic heterocycles. The Bertz CT molecular complexity index is 1140. The highest BCUT2D eigenvalue weighted by Crippen LogP contribution is 2.23. The molecule has 1 saturated heterocycles. The minimum absolute atomic E-state index is 0.0127. The van der Waals surface area contributed by atoms with Crippen LogP contribution in [-0.4, -0.2) is 65.6 Å². The molecule has 1 aromatic carbocycles. The van der Waals surface area contributed by atoms with Gasteiger partial charge in [0, 0.05) is 26.4 Å². The van der Waals surface area contributed by atoms with Gasteiger partial charge in [-0.3, -0.25) is 9.59 Å². The van der Waals surface area contributed by atoms with Crippen molar-refractivity contribution in [1.82, 2.24) is 20.6 Å². The van der Waals surface area contributed by atoms with Crippen LogP contribution < -0.4 is 10.6 Å². The third-order valence-electron chi connectivity index (χ3n) is 5.48. The Hall–Kier alpha value is -3.15. The molecular weight excluding hydrogens is 481 g/mol. The van der Waals surface area contributed by atoms with Gasteiger partial charge in [0.25, 0.3) is 5.91 Å². The normalized spacial score (nSPS) is 21.7. The van der Waals surface area contributed by atoms with E-state index in [1.54, 1.807) is 19.1 Å². The van der Waals surface area contributed by atoms with E-state index in [1.807, 2.05) is 0 Å². The lowest BCUT2D eigenvalue weighted by Crippen LogP contribution is -2.46. The van der Waals surface area contributed by atoms with Gasteiger partial charge in [0.05, 0.1) is 30.0 Å². The maximum absolute atomic E-state index is 13.3. The van der Waals surface area contributed by atoms with Gasteiger partial charge in [-0.2, -0.15) is 0 Å². The molecule has 12 heteroatoms. The predicted octanol–water partition coefficient (Wildman–Crippen LogP) is 1.92. The summed E-state index contributed by atoms with van der Waals surface area (Å²) < 4.78 is 25.0. The molecule has 2 aliphatic rings. The average Bonchev–Trinajstić information content (AvgIpc) is 3.33. The number of rotatable bonds is 7. The second kappa shape index (κ2) is 11.1. The van der Waals surface area contributed by atoms with Crippen LogP contribution in [0.2, 0.25) is 5.02 Å². The van der Waals surface area contributed by atoms with Crippen molar-refractivity contribution < 1.29 is 28.3 Å². The molecule has 1 fully saturated rings. The van der Waals surface area contributed by atoms with E-state index in [2.05, 4.69) is 25.8 Å². The van der Waals surface area contributed by atoms with Gasteiger partial charge in [-0.25, -0.2) is 14.4 Å². The lowest BCUT2D eigenvalue weighted by Gasteiger charge is -2.31. The van der Waals surface area contributed by atoms with E-state index in [0.29, 0.717) is 49.0 Å². The van der Waals surface area contributed by atoms with Gasteiger partial charge in [0.15, 0.2) is 6.10 Å². The number of hydrogen-bond acceptors (Lipinski definition) is 8. The standard InChI is InChI=1S/C23H25ClFN5O5/c1-12-28-18(6-20(29-12)23(32)27-8-14-3-4-17(25)16(24)5-14)19-7-21(35-30-19)22-11-33-15(10-34-22)9-26-13(2)31/h3-6,15,21-22H,7-11H2,1-2H3,(H,26,31)(H,27,32)/t15-,21+,22-/m1/s1. The Morgan fingerprint density at radius 2 is 1.97 bits per heavy atom. The van der Waals surface area contributed by atoms with Crippen molar-refractivity contribution in [2.45, 2.75) is 45.1 Å². The van der Waals surface area contributed by atoms with Crippen LogP contribution in [0.5, 0.6) is 0 Å². The zero-order chi connectivity index (χ0) is 24.9. The van der Waals surface area contributed by atoms with Gasteiger partial charge >= 0.3 is 0 Å². The van der Waals surface area contributed by atoms with Gasteiger partial charge in [-0.1, -0.05) is 22.8 Å². The van der Waals surface area contributed by atoms with E-state index in [1.165, 1.54) is 19.1 Å². The fourth-order valence-electron chi connectivity index (χ4n) is 3.65. The fourth-order valence-corrected chi connectivity index (χ4v) is 3.85. The van der Waals surface area contributed by atoms with Gasteiger partial charge in [-0.15, -0.1) is 0 Å². The second-order valence-electron chi connectivity index (χ2n) is 8.27. The van der Waals surface area contributed by atoms with E-state index in [-0.39, 0.29) is 41.5 Å². The number of carbonyl (C=O) groups excluding carboxylic acids is 2. The molecule has 3 atom stereocenters. The number of halogens is 2. The summed E-state index contributed by atoms with van der Waals surface area (Å²) in [4.78, 5) is 37.9. The molecule has 4 rings (SSSR count). The number of aryl methyl sites for hydroxylation is 1. The van der Waals surface area contributed by atoms with Crippen molar-refractivity contribution in [2.75, 3.05) is 19.8 Å². The molecule has 186 valence electrons. The Morgan fingerprint density at radius 3 is 2.69 bits per heavy atom. The Balaban J connectivity index is 1.33. The van der Waals surface area contributed by atoms with Crippen LogP contribution in [0.4, 0.5) is 4.39 Å². The Morgan fingerprint density at radius 1 is 1.14 bits per heavy atom. The lowest BCUT2D eigenvalue weighted by molar-refractivity contribution is -0.170. The molecule has 35 heavy (non-hydrogen) atoms. The van der Waals surface area contributed by atoms with Crippen LogP contribution >= 0.6 is 11.6 Å². The molecule has 0 saturated carbocycles. The number of aromatic nitrogens is 2. The van der Waals surface area contributed by atoms with Crippen molar-refractivity contribution in [3.05, 3.63) is 57.9 Å². The quantitative estimate of drug-likeness (QED) is 0.589. The summed E-state index contributed by atoms with van der Waals surface area (Å²) in [5.41, 5.74) is 1.88. The number of benzene rings is 1. The summed E-state index contributed by atoms with van der Waals surface area (Å²) in [6.45, 7) is 4.31. The molecule has 0 radical (unpaired) electrons. The molecule has 10 nitrogen and oxygen atoms in total. The topological polar surface area (TPSA) is 124 Å². The van der Waals surface area contributed by atoms with E-state index >= 15 is 0 Å². The molecular formula is C23H25ClFN5O5. The summed E-state index contributed by atoms with van der Waals surface area (Å²) in [6, 6.07) is 5.79. The SMILES string of the molecule is CC(=O)NC[C@@H]1CO[C@@H]([C@@H]2CC(c3cc(C(=O)NCc4ccc(F)c(Cl)c4)nc(C)n3)=NO2)CO1. The van der Waals surface area contributed by atoms with Crippen LogP contribution in [0.25, 0.3) is 0 Å². The highest BCUT2D eigenvalue weighted by Gasteiger charge is 2.35. The second-order valence-corrected chi connectivity index (χ2v) is 8.67. The lowest BCUT2D eigenvalue weighted by atomic mass is 10.0. The smallest absolute Gasteiger partial charge is 0.270 e. The largest absolute Gasteiger partial charge is 0.389 e. The number of amides is 2. The van der Waals surface area contributed by atoms with E-state index < -0.39 is 11.7 Å². The van der Waals surface area contributed by atoms with Crippen molar-refractivity contribution in [3.63, 3.8) is 0 Å². The Labute approximate surface area is 206 Å². The monoisotopic (exact) mass is 505 g/mol. The first kappa shape index (κ1) is 25.0. The van der Waals surface area contributed by atoms with E-state index in [9.17, 15) is 14.0 Å². The number of ether oxygens (including phenoxy) is 2. The molecule has 2 N–H and O–H groups in total. The number of nitrogens with zero attached hydrogens (tertiary/aromatic N) is 3. The summed E-state index contributed by atoms with van der Waals surface area (Å²) >= 11 is 5.80. The zero-order valence-corrected chi connectivity index (χ0v) is 20.0. The average molecular weight is 506 g/mol. The summed E-state index contributed by atoms with van der Waals surface area (Å²) in [7, 11) is 0. The highest BCUT2D eigenvalue weighted by atomic mass is 35.5. The molecule has 0 spiro atoms. The highest BCUT2D eigenvalue weighted by molar-refractivity contribution is 6.30. The molecule has 0 unspecified atom stereocenters. The van der Waals surface area contributed by atoms with Crippen LogP contribution in [-0.2, 0) is 25.7 Å². The van der Waals surface area contributed by atoms with Crippen LogP contribution in [0.15, 0.2) is 29.4 Å². The summed E-state index contributed by atoms with van der Waals surface area (Å²) in [5, 5.41) is 9.58. The van der Waals surface area contributed by atoms with E-state index in [0.717, 1.165) is 0 Å². The Kier molecular flexibility index (Phi) is 7.89. The van der Waals surface area contributed by atoms with Crippen LogP contribution in [0.3, 0.4) is 0 Å². The van der Waals surface area contributed by atoms with Gasteiger partial charge in [0.2, 0.25) is 5.91 Å². The number of hydrogen-bond donors (Lipinski definition) is 2. The number of nitrogens with one attached hydrogen (secondary N) is 2. The summed E-state index contributed by atoms with van der Waals surface area (Å²) in [6.07, 6.45) is -0.468. The molecule has 0 aliphatic carbocycles. The molecule has 3 heterocycles. The van der Waals surface area contributed by atoms with E-state index in [4.69, 9.17) is 25.9 Å². The number of oxime groups is 1. The molecule has 1 aromatic heterocycles. The molecule has 2 amide bonds. The summed E-state index contributed by atoms with van der Waals surface area (Å²) in [5.74, 6) is -0.657. The zero-order valence-electron chi connectivity index (χ0n) is 19.2.